The summed E-state index contributed by atoms with van der Waals surface area (Å²) < 4.78 is 0. The molecule has 1 aliphatic heterocycles. The van der Waals surface area contributed by atoms with Crippen LogP contribution in [0.1, 0.15) is 23.5 Å². The van der Waals surface area contributed by atoms with E-state index in [2.05, 4.69) is 52.3 Å². The SMILES string of the molecule is Clc1ccc(CC(CBr)CC2CSc3ccccc32)cc1. The number of hydrogen-bond donors (Lipinski definition) is 0. The third-order valence-electron chi connectivity index (χ3n) is 4.07. The largest absolute Gasteiger partial charge is 0.125 e. The zero-order chi connectivity index (χ0) is 14.7. The van der Waals surface area contributed by atoms with E-state index in [1.165, 1.54) is 22.6 Å². The minimum Gasteiger partial charge on any atom is -0.125 e. The highest BCUT2D eigenvalue weighted by atomic mass is 79.9. The number of halogens is 2. The number of benzene rings is 2. The monoisotopic (exact) mass is 380 g/mol. The molecule has 0 nitrogen and oxygen atoms in total. The van der Waals surface area contributed by atoms with Gasteiger partial charge in [0.1, 0.15) is 0 Å². The highest BCUT2D eigenvalue weighted by molar-refractivity contribution is 9.09. The topological polar surface area (TPSA) is 0 Å². The molecule has 0 radical (unpaired) electrons. The van der Waals surface area contributed by atoms with Crippen molar-refractivity contribution in [1.82, 2.24) is 0 Å². The maximum Gasteiger partial charge on any atom is 0.0406 e. The van der Waals surface area contributed by atoms with Crippen molar-refractivity contribution in [3.63, 3.8) is 0 Å². The molecule has 0 fully saturated rings. The standard InChI is InChI=1S/C18H18BrClS/c19-11-14(9-13-5-7-16(20)8-6-13)10-15-12-21-18-4-2-1-3-17(15)18/h1-8,14-15H,9-12H2. The van der Waals surface area contributed by atoms with Gasteiger partial charge in [-0.05, 0) is 54.0 Å². The average Bonchev–Trinajstić information content (AvgIpc) is 2.92. The summed E-state index contributed by atoms with van der Waals surface area (Å²) in [6, 6.07) is 17.1. The Hall–Kier alpha value is -0.440. The number of fused-ring (bicyclic) bond motifs is 1. The van der Waals surface area contributed by atoms with Gasteiger partial charge in [0.2, 0.25) is 0 Å². The Labute approximate surface area is 144 Å². The minimum absolute atomic E-state index is 0.669. The Morgan fingerprint density at radius 3 is 2.67 bits per heavy atom. The number of alkyl halides is 1. The molecule has 0 saturated heterocycles. The summed E-state index contributed by atoms with van der Waals surface area (Å²) in [4.78, 5) is 1.47. The molecular weight excluding hydrogens is 364 g/mol. The molecule has 1 heterocycles. The molecule has 0 saturated carbocycles. The summed E-state index contributed by atoms with van der Waals surface area (Å²) in [6.07, 6.45) is 2.36. The lowest BCUT2D eigenvalue weighted by Gasteiger charge is -2.19. The van der Waals surface area contributed by atoms with E-state index in [0.29, 0.717) is 11.8 Å². The van der Waals surface area contributed by atoms with Gasteiger partial charge in [-0.3, -0.25) is 0 Å². The molecule has 0 amide bonds. The van der Waals surface area contributed by atoms with Gasteiger partial charge >= 0.3 is 0 Å². The van der Waals surface area contributed by atoms with E-state index in [0.717, 1.165) is 16.8 Å². The summed E-state index contributed by atoms with van der Waals surface area (Å²) in [7, 11) is 0. The van der Waals surface area contributed by atoms with Crippen LogP contribution in [-0.4, -0.2) is 11.1 Å². The normalized spacial score (nSPS) is 18.5. The summed E-state index contributed by atoms with van der Waals surface area (Å²) in [5, 5.41) is 1.87. The lowest BCUT2D eigenvalue weighted by atomic mass is 9.88. The summed E-state index contributed by atoms with van der Waals surface area (Å²) in [5.74, 6) is 2.59. The van der Waals surface area contributed by atoms with Crippen LogP contribution >= 0.6 is 39.3 Å². The second-order valence-electron chi connectivity index (χ2n) is 5.63. The number of thioether (sulfide) groups is 1. The Bertz CT molecular complexity index is 596. The Kier molecular flexibility index (Phi) is 5.31. The predicted molar refractivity (Wildman–Crippen MR) is 97.0 cm³/mol. The fourth-order valence-electron chi connectivity index (χ4n) is 2.98. The summed E-state index contributed by atoms with van der Waals surface area (Å²) >= 11 is 11.7. The van der Waals surface area contributed by atoms with Gasteiger partial charge < -0.3 is 0 Å². The van der Waals surface area contributed by atoms with Crippen molar-refractivity contribution in [2.24, 2.45) is 5.92 Å². The molecule has 2 unspecified atom stereocenters. The first-order valence-electron chi connectivity index (χ1n) is 7.28. The molecule has 0 bridgehead atoms. The van der Waals surface area contributed by atoms with E-state index in [4.69, 9.17) is 11.6 Å². The van der Waals surface area contributed by atoms with Gasteiger partial charge in [-0.1, -0.05) is 57.9 Å². The van der Waals surface area contributed by atoms with Crippen LogP contribution in [0.2, 0.25) is 5.02 Å². The third kappa shape index (κ3) is 3.85. The average molecular weight is 382 g/mol. The van der Waals surface area contributed by atoms with Gasteiger partial charge in [0.05, 0.1) is 0 Å². The van der Waals surface area contributed by atoms with Gasteiger partial charge in [0, 0.05) is 21.0 Å². The summed E-state index contributed by atoms with van der Waals surface area (Å²) in [5.41, 5.74) is 2.92. The van der Waals surface area contributed by atoms with E-state index >= 15 is 0 Å². The molecule has 0 N–H and O–H groups in total. The number of hydrogen-bond acceptors (Lipinski definition) is 1. The van der Waals surface area contributed by atoms with Crippen molar-refractivity contribution in [2.75, 3.05) is 11.1 Å². The van der Waals surface area contributed by atoms with E-state index in [9.17, 15) is 0 Å². The Morgan fingerprint density at radius 2 is 1.90 bits per heavy atom. The van der Waals surface area contributed by atoms with E-state index in [1.54, 1.807) is 5.56 Å². The third-order valence-corrected chi connectivity index (χ3v) is 6.49. The molecule has 0 aromatic heterocycles. The smallest absolute Gasteiger partial charge is 0.0406 e. The quantitative estimate of drug-likeness (QED) is 0.558. The molecule has 21 heavy (non-hydrogen) atoms. The minimum atomic E-state index is 0.669. The van der Waals surface area contributed by atoms with Crippen molar-refractivity contribution in [2.45, 2.75) is 23.7 Å². The van der Waals surface area contributed by atoms with Crippen molar-refractivity contribution in [3.05, 3.63) is 64.7 Å². The first-order valence-corrected chi connectivity index (χ1v) is 9.77. The highest BCUT2D eigenvalue weighted by Crippen LogP contribution is 2.42. The van der Waals surface area contributed by atoms with Crippen molar-refractivity contribution in [3.8, 4) is 0 Å². The molecule has 1 aliphatic rings. The molecule has 2 aromatic carbocycles. The van der Waals surface area contributed by atoms with Gasteiger partial charge in [-0.25, -0.2) is 0 Å². The van der Waals surface area contributed by atoms with Crippen LogP contribution in [-0.2, 0) is 6.42 Å². The molecule has 2 atom stereocenters. The second-order valence-corrected chi connectivity index (χ2v) is 7.78. The van der Waals surface area contributed by atoms with E-state index in [1.807, 2.05) is 23.9 Å². The van der Waals surface area contributed by atoms with Crippen LogP contribution in [0.5, 0.6) is 0 Å². The fraction of sp³-hybridized carbons (Fsp3) is 0.333. The molecule has 2 aromatic rings. The summed E-state index contributed by atoms with van der Waals surface area (Å²) in [6.45, 7) is 0. The first-order chi connectivity index (χ1) is 10.3. The molecular formula is C18H18BrClS. The molecule has 0 spiro atoms. The van der Waals surface area contributed by atoms with Crippen LogP contribution in [0, 0.1) is 5.92 Å². The van der Waals surface area contributed by atoms with Crippen molar-refractivity contribution < 1.29 is 0 Å². The van der Waals surface area contributed by atoms with Crippen LogP contribution in [0.4, 0.5) is 0 Å². The molecule has 0 aliphatic carbocycles. The lowest BCUT2D eigenvalue weighted by Crippen LogP contribution is -2.12. The first kappa shape index (κ1) is 15.5. The van der Waals surface area contributed by atoms with Gasteiger partial charge in [0.25, 0.3) is 0 Å². The zero-order valence-electron chi connectivity index (χ0n) is 11.8. The fourth-order valence-corrected chi connectivity index (χ4v) is 4.87. The molecule has 110 valence electrons. The lowest BCUT2D eigenvalue weighted by molar-refractivity contribution is 0.496. The van der Waals surface area contributed by atoms with Crippen LogP contribution in [0.25, 0.3) is 0 Å². The van der Waals surface area contributed by atoms with E-state index < -0.39 is 0 Å². The van der Waals surface area contributed by atoms with Gasteiger partial charge in [-0.2, -0.15) is 0 Å². The maximum atomic E-state index is 5.96. The Morgan fingerprint density at radius 1 is 1.14 bits per heavy atom. The van der Waals surface area contributed by atoms with Crippen LogP contribution < -0.4 is 0 Å². The zero-order valence-corrected chi connectivity index (χ0v) is 14.9. The number of rotatable bonds is 5. The van der Waals surface area contributed by atoms with Gasteiger partial charge in [0.15, 0.2) is 0 Å². The predicted octanol–water partition coefficient (Wildman–Crippen LogP) is 6.17. The molecule has 3 heteroatoms. The second kappa shape index (κ2) is 7.21. The highest BCUT2D eigenvalue weighted by Gasteiger charge is 2.25. The van der Waals surface area contributed by atoms with Crippen LogP contribution in [0.3, 0.4) is 0 Å². The molecule has 3 rings (SSSR count). The van der Waals surface area contributed by atoms with Crippen molar-refractivity contribution >= 4 is 39.3 Å². The Balaban J connectivity index is 1.67. The maximum absolute atomic E-state index is 5.96. The van der Waals surface area contributed by atoms with Gasteiger partial charge in [-0.15, -0.1) is 11.8 Å². The van der Waals surface area contributed by atoms with E-state index in [-0.39, 0.29) is 0 Å². The van der Waals surface area contributed by atoms with Crippen LogP contribution in [0.15, 0.2) is 53.4 Å². The van der Waals surface area contributed by atoms with Crippen molar-refractivity contribution in [1.29, 1.82) is 0 Å².